The summed E-state index contributed by atoms with van der Waals surface area (Å²) in [6.07, 6.45) is 1.13. The highest BCUT2D eigenvalue weighted by Crippen LogP contribution is 2.27. The van der Waals surface area contributed by atoms with E-state index in [1.54, 1.807) is 4.90 Å². The van der Waals surface area contributed by atoms with Gasteiger partial charge in [0.05, 0.1) is 18.4 Å². The topological polar surface area (TPSA) is 61.2 Å². The van der Waals surface area contributed by atoms with Gasteiger partial charge in [0.1, 0.15) is 0 Å². The molecular formula is C14H13BrN2O2. The Morgan fingerprint density at radius 3 is 3.00 bits per heavy atom. The molecule has 1 atom stereocenters. The highest BCUT2D eigenvalue weighted by molar-refractivity contribution is 9.10. The Morgan fingerprint density at radius 2 is 2.32 bits per heavy atom. The number of nitrogens with zero attached hydrogens (tertiary/aromatic N) is 2. The van der Waals surface area contributed by atoms with Crippen molar-refractivity contribution in [2.75, 3.05) is 11.4 Å². The largest absolute Gasteiger partial charge is 0.312 e. The molecular weight excluding hydrogens is 308 g/mol. The molecule has 5 heteroatoms. The van der Waals surface area contributed by atoms with E-state index in [1.165, 1.54) is 0 Å². The van der Waals surface area contributed by atoms with Crippen LogP contribution in [0.15, 0.2) is 28.7 Å². The number of carbonyl (C=O) groups excluding carboxylic acids is 2. The smallest absolute Gasteiger partial charge is 0.237 e. The normalized spacial score (nSPS) is 19.1. The van der Waals surface area contributed by atoms with Gasteiger partial charge < -0.3 is 4.90 Å². The summed E-state index contributed by atoms with van der Waals surface area (Å²) >= 11 is 3.37. The lowest BCUT2D eigenvalue weighted by molar-refractivity contribution is -0.133. The predicted molar refractivity (Wildman–Crippen MR) is 74.5 cm³/mol. The van der Waals surface area contributed by atoms with Gasteiger partial charge in [0.15, 0.2) is 5.78 Å². The van der Waals surface area contributed by atoms with E-state index in [-0.39, 0.29) is 18.1 Å². The van der Waals surface area contributed by atoms with Crippen LogP contribution in [0.1, 0.15) is 19.3 Å². The number of anilines is 1. The lowest BCUT2D eigenvalue weighted by Crippen LogP contribution is -2.44. The quantitative estimate of drug-likeness (QED) is 0.804. The van der Waals surface area contributed by atoms with E-state index in [0.717, 1.165) is 16.6 Å². The van der Waals surface area contributed by atoms with Gasteiger partial charge in [-0.15, -0.1) is 0 Å². The van der Waals surface area contributed by atoms with Crippen LogP contribution in [0.4, 0.5) is 5.69 Å². The first-order valence-electron chi connectivity index (χ1n) is 6.10. The molecule has 2 rings (SSSR count). The maximum Gasteiger partial charge on any atom is 0.237 e. The van der Waals surface area contributed by atoms with Crippen LogP contribution in [0.3, 0.4) is 0 Å². The summed E-state index contributed by atoms with van der Waals surface area (Å²) in [5.41, 5.74) is 0.786. The lowest BCUT2D eigenvalue weighted by atomic mass is 9.91. The van der Waals surface area contributed by atoms with Crippen LogP contribution in [0.25, 0.3) is 0 Å². The van der Waals surface area contributed by atoms with Crippen LogP contribution in [-0.4, -0.2) is 18.2 Å². The number of benzene rings is 1. The van der Waals surface area contributed by atoms with E-state index in [1.807, 2.05) is 30.3 Å². The van der Waals surface area contributed by atoms with Crippen molar-refractivity contribution in [3.63, 3.8) is 0 Å². The van der Waals surface area contributed by atoms with Crippen molar-refractivity contribution in [2.24, 2.45) is 5.92 Å². The molecule has 4 nitrogen and oxygen atoms in total. The number of Topliss-reactive ketones (excluding diaryl/α,β-unsaturated/α-hetero) is 1. The molecule has 1 amide bonds. The fraction of sp³-hybridized carbons (Fsp3) is 0.357. The van der Waals surface area contributed by atoms with Crippen LogP contribution < -0.4 is 4.90 Å². The second-order valence-corrected chi connectivity index (χ2v) is 5.38. The van der Waals surface area contributed by atoms with Crippen LogP contribution in [-0.2, 0) is 9.59 Å². The maximum atomic E-state index is 12.3. The summed E-state index contributed by atoms with van der Waals surface area (Å²) in [6, 6.07) is 9.26. The number of nitriles is 1. The first-order valence-corrected chi connectivity index (χ1v) is 6.89. The average Bonchev–Trinajstić information content (AvgIpc) is 2.39. The summed E-state index contributed by atoms with van der Waals surface area (Å²) < 4.78 is 0.892. The number of hydrogen-bond donors (Lipinski definition) is 0. The molecule has 1 heterocycles. The third-order valence-corrected chi connectivity index (χ3v) is 3.69. The zero-order valence-corrected chi connectivity index (χ0v) is 11.9. The summed E-state index contributed by atoms with van der Waals surface area (Å²) in [7, 11) is 0. The van der Waals surface area contributed by atoms with Gasteiger partial charge in [0.2, 0.25) is 5.91 Å². The third-order valence-electron chi connectivity index (χ3n) is 3.20. The van der Waals surface area contributed by atoms with Crippen molar-refractivity contribution in [1.29, 1.82) is 5.26 Å². The molecule has 0 N–H and O–H groups in total. The van der Waals surface area contributed by atoms with Gasteiger partial charge in [0.25, 0.3) is 0 Å². The highest BCUT2D eigenvalue weighted by Gasteiger charge is 2.34. The van der Waals surface area contributed by atoms with Gasteiger partial charge >= 0.3 is 0 Å². The van der Waals surface area contributed by atoms with Crippen LogP contribution in [0.5, 0.6) is 0 Å². The van der Waals surface area contributed by atoms with Gasteiger partial charge in [-0.25, -0.2) is 0 Å². The maximum absolute atomic E-state index is 12.3. The van der Waals surface area contributed by atoms with Gasteiger partial charge in [-0.2, -0.15) is 5.26 Å². The number of ketones is 1. The molecule has 0 saturated carbocycles. The number of piperidine rings is 1. The minimum atomic E-state index is -0.660. The van der Waals surface area contributed by atoms with E-state index < -0.39 is 5.92 Å². The second kappa shape index (κ2) is 5.98. The number of amides is 1. The molecule has 0 spiro atoms. The van der Waals surface area contributed by atoms with Crippen LogP contribution >= 0.6 is 15.9 Å². The highest BCUT2D eigenvalue weighted by atomic mass is 79.9. The Morgan fingerprint density at radius 1 is 1.53 bits per heavy atom. The number of hydrogen-bond acceptors (Lipinski definition) is 3. The van der Waals surface area contributed by atoms with Gasteiger partial charge in [0, 0.05) is 16.7 Å². The van der Waals surface area contributed by atoms with E-state index in [2.05, 4.69) is 15.9 Å². The molecule has 1 aromatic rings. The van der Waals surface area contributed by atoms with Gasteiger partial charge in [-0.1, -0.05) is 22.0 Å². The lowest BCUT2D eigenvalue weighted by Gasteiger charge is -2.31. The number of halogens is 1. The Balaban J connectivity index is 2.21. The van der Waals surface area contributed by atoms with E-state index in [9.17, 15) is 9.59 Å². The fourth-order valence-corrected chi connectivity index (χ4v) is 2.66. The van der Waals surface area contributed by atoms with Crippen molar-refractivity contribution in [2.45, 2.75) is 19.3 Å². The zero-order chi connectivity index (χ0) is 13.8. The molecule has 1 unspecified atom stereocenters. The summed E-state index contributed by atoms with van der Waals surface area (Å²) in [5.74, 6) is -1.12. The van der Waals surface area contributed by atoms with E-state index in [0.29, 0.717) is 13.0 Å². The van der Waals surface area contributed by atoms with E-state index >= 15 is 0 Å². The summed E-state index contributed by atoms with van der Waals surface area (Å²) in [4.78, 5) is 25.7. The Kier molecular flexibility index (Phi) is 4.33. The second-order valence-electron chi connectivity index (χ2n) is 4.47. The fourth-order valence-electron chi connectivity index (χ4n) is 2.28. The monoisotopic (exact) mass is 320 g/mol. The number of rotatable bonds is 3. The average molecular weight is 321 g/mol. The first-order chi connectivity index (χ1) is 9.13. The third kappa shape index (κ3) is 3.02. The van der Waals surface area contributed by atoms with E-state index in [4.69, 9.17) is 5.26 Å². The van der Waals surface area contributed by atoms with Crippen molar-refractivity contribution in [3.05, 3.63) is 28.7 Å². The molecule has 1 aliphatic rings. The summed E-state index contributed by atoms with van der Waals surface area (Å²) in [6.45, 7) is 0.617. The molecule has 98 valence electrons. The molecule has 1 saturated heterocycles. The van der Waals surface area contributed by atoms with Crippen molar-refractivity contribution >= 4 is 33.3 Å². The predicted octanol–water partition coefficient (Wildman–Crippen LogP) is 2.67. The molecule has 0 aliphatic carbocycles. The molecule has 1 aliphatic heterocycles. The Hall–Kier alpha value is -1.67. The molecule has 1 fully saturated rings. The summed E-state index contributed by atoms with van der Waals surface area (Å²) in [5, 5.41) is 8.57. The van der Waals surface area contributed by atoms with Crippen molar-refractivity contribution in [3.8, 4) is 6.07 Å². The minimum absolute atomic E-state index is 0.190. The molecule has 0 radical (unpaired) electrons. The van der Waals surface area contributed by atoms with Gasteiger partial charge in [-0.3, -0.25) is 9.59 Å². The standard InChI is InChI=1S/C14H13BrN2O2/c15-10-3-1-4-11(9-10)17-8-2-5-12(14(17)19)13(18)6-7-16/h1,3-4,9,12H,2,5-6,8H2. The first kappa shape index (κ1) is 13.8. The SMILES string of the molecule is N#CCC(=O)C1CCCN(c2cccc(Br)c2)C1=O. The molecule has 19 heavy (non-hydrogen) atoms. The number of carbonyl (C=O) groups is 2. The molecule has 1 aromatic carbocycles. The van der Waals surface area contributed by atoms with Crippen LogP contribution in [0.2, 0.25) is 0 Å². The van der Waals surface area contributed by atoms with Crippen LogP contribution in [0, 0.1) is 17.2 Å². The van der Waals surface area contributed by atoms with Crippen molar-refractivity contribution < 1.29 is 9.59 Å². The Bertz CT molecular complexity index is 551. The Labute approximate surface area is 120 Å². The van der Waals surface area contributed by atoms with Crippen molar-refractivity contribution in [1.82, 2.24) is 0 Å². The minimum Gasteiger partial charge on any atom is -0.312 e. The zero-order valence-electron chi connectivity index (χ0n) is 10.3. The van der Waals surface area contributed by atoms with Gasteiger partial charge in [-0.05, 0) is 31.0 Å². The molecule has 0 bridgehead atoms. The molecule has 0 aromatic heterocycles.